The van der Waals surface area contributed by atoms with Crippen molar-refractivity contribution in [2.75, 3.05) is 0 Å². The van der Waals surface area contributed by atoms with Crippen molar-refractivity contribution in [3.05, 3.63) is 40.3 Å². The monoisotopic (exact) mass is 341 g/mol. The van der Waals surface area contributed by atoms with Crippen LogP contribution in [0.2, 0.25) is 0 Å². The van der Waals surface area contributed by atoms with E-state index >= 15 is 0 Å². The van der Waals surface area contributed by atoms with E-state index in [1.54, 1.807) is 19.9 Å². The summed E-state index contributed by atoms with van der Waals surface area (Å²) in [5, 5.41) is 15.8. The van der Waals surface area contributed by atoms with Crippen LogP contribution in [0, 0.1) is 32.1 Å². The minimum atomic E-state index is -0.474. The van der Waals surface area contributed by atoms with E-state index in [9.17, 15) is 10.1 Å². The van der Waals surface area contributed by atoms with Crippen molar-refractivity contribution in [2.45, 2.75) is 53.6 Å². The van der Waals surface area contributed by atoms with Gasteiger partial charge in [-0.05, 0) is 51.8 Å². The van der Waals surface area contributed by atoms with Crippen molar-refractivity contribution in [3.63, 3.8) is 0 Å². The molecule has 1 unspecified atom stereocenters. The molecule has 0 saturated heterocycles. The first-order valence-corrected chi connectivity index (χ1v) is 8.27. The van der Waals surface area contributed by atoms with Gasteiger partial charge in [-0.1, -0.05) is 12.1 Å². The number of rotatable bonds is 6. The Morgan fingerprint density at radius 2 is 2.20 bits per heavy atom. The van der Waals surface area contributed by atoms with Crippen molar-refractivity contribution in [1.29, 1.82) is 5.26 Å². The van der Waals surface area contributed by atoms with Crippen LogP contribution in [0.5, 0.6) is 0 Å². The third-order valence-corrected chi connectivity index (χ3v) is 3.99. The molecule has 25 heavy (non-hydrogen) atoms. The van der Waals surface area contributed by atoms with Gasteiger partial charge in [0.25, 0.3) is 5.91 Å². The molecule has 0 aliphatic heterocycles. The summed E-state index contributed by atoms with van der Waals surface area (Å²) in [5.74, 6) is 0.339. The molecule has 1 atom stereocenters. The van der Waals surface area contributed by atoms with E-state index in [1.165, 1.54) is 0 Å². The van der Waals surface area contributed by atoms with E-state index < -0.39 is 11.9 Å². The topological polar surface area (TPSA) is 96.7 Å². The summed E-state index contributed by atoms with van der Waals surface area (Å²) in [7, 11) is 0. The molecular weight excluding hydrogens is 318 g/mol. The number of hydrogen-bond acceptors (Lipinski definition) is 5. The highest BCUT2D eigenvalue weighted by Crippen LogP contribution is 2.19. The summed E-state index contributed by atoms with van der Waals surface area (Å²) in [6, 6.07) is 3.49. The molecular formula is C18H23N5O2. The molecule has 0 radical (unpaired) electrons. The molecule has 1 amide bonds. The van der Waals surface area contributed by atoms with E-state index in [4.69, 9.17) is 4.52 Å². The van der Waals surface area contributed by atoms with E-state index in [1.807, 2.05) is 26.0 Å². The van der Waals surface area contributed by atoms with Crippen LogP contribution in [0.4, 0.5) is 0 Å². The minimum absolute atomic E-state index is 0.0415. The Morgan fingerprint density at radius 1 is 1.48 bits per heavy atom. The van der Waals surface area contributed by atoms with E-state index in [0.29, 0.717) is 11.7 Å². The Kier molecular flexibility index (Phi) is 5.75. The fourth-order valence-electron chi connectivity index (χ4n) is 2.67. The van der Waals surface area contributed by atoms with Crippen molar-refractivity contribution < 1.29 is 9.32 Å². The van der Waals surface area contributed by atoms with Gasteiger partial charge in [-0.3, -0.25) is 4.79 Å². The van der Waals surface area contributed by atoms with Gasteiger partial charge in [0.15, 0.2) is 5.82 Å². The van der Waals surface area contributed by atoms with E-state index in [-0.39, 0.29) is 5.57 Å². The standard InChI is InChI=1S/C18H23N5O2/c1-6-7-23-11(2)8-15(13(23)4)9-16(10-19)17(24)20-12(3)18-21-14(5)22-25-18/h8-9,12H,6-7H2,1-5H3,(H,20,24). The molecule has 1 N–H and O–H groups in total. The lowest BCUT2D eigenvalue weighted by Gasteiger charge is -2.09. The van der Waals surface area contributed by atoms with Gasteiger partial charge in [-0.25, -0.2) is 0 Å². The van der Waals surface area contributed by atoms with Crippen LogP contribution in [-0.4, -0.2) is 20.6 Å². The van der Waals surface area contributed by atoms with Crippen LogP contribution in [0.15, 0.2) is 16.2 Å². The number of carbonyl (C=O) groups excluding carboxylic acids is 1. The molecule has 7 nitrogen and oxygen atoms in total. The highest BCUT2D eigenvalue weighted by Gasteiger charge is 2.19. The molecule has 2 aromatic rings. The van der Waals surface area contributed by atoms with Gasteiger partial charge in [-0.2, -0.15) is 10.2 Å². The zero-order chi connectivity index (χ0) is 18.6. The van der Waals surface area contributed by atoms with Gasteiger partial charge < -0.3 is 14.4 Å². The Morgan fingerprint density at radius 3 is 2.76 bits per heavy atom. The highest BCUT2D eigenvalue weighted by atomic mass is 16.5. The van der Waals surface area contributed by atoms with E-state index in [2.05, 4.69) is 26.9 Å². The van der Waals surface area contributed by atoms with Gasteiger partial charge >= 0.3 is 0 Å². The summed E-state index contributed by atoms with van der Waals surface area (Å²) >= 11 is 0. The molecule has 0 aliphatic carbocycles. The number of amides is 1. The first-order chi connectivity index (χ1) is 11.9. The molecule has 7 heteroatoms. The second kappa shape index (κ2) is 7.79. The zero-order valence-corrected chi connectivity index (χ0v) is 15.3. The summed E-state index contributed by atoms with van der Waals surface area (Å²) in [5.41, 5.74) is 3.07. The molecule has 2 rings (SSSR count). The normalized spacial score (nSPS) is 12.7. The molecule has 0 fully saturated rings. The first-order valence-electron chi connectivity index (χ1n) is 8.27. The average Bonchev–Trinajstić information content (AvgIpc) is 3.11. The number of carbonyl (C=O) groups is 1. The summed E-state index contributed by atoms with van der Waals surface area (Å²) in [6.07, 6.45) is 2.64. The Bertz CT molecular complexity index is 838. The number of aromatic nitrogens is 3. The SMILES string of the molecule is CCCn1c(C)cc(C=C(C#N)C(=O)NC(C)c2nc(C)no2)c1C. The molecule has 0 saturated carbocycles. The fraction of sp³-hybridized carbons (Fsp3) is 0.444. The molecule has 0 spiro atoms. The lowest BCUT2D eigenvalue weighted by Crippen LogP contribution is -2.27. The van der Waals surface area contributed by atoms with Gasteiger partial charge in [0.05, 0.1) is 0 Å². The predicted molar refractivity (Wildman–Crippen MR) is 93.4 cm³/mol. The maximum Gasteiger partial charge on any atom is 0.262 e. The maximum atomic E-state index is 12.4. The third kappa shape index (κ3) is 4.15. The summed E-state index contributed by atoms with van der Waals surface area (Å²) < 4.78 is 7.23. The quantitative estimate of drug-likeness (QED) is 0.643. The average molecular weight is 341 g/mol. The highest BCUT2D eigenvalue weighted by molar-refractivity contribution is 6.01. The van der Waals surface area contributed by atoms with Crippen molar-refractivity contribution in [2.24, 2.45) is 0 Å². The number of nitrogens with zero attached hydrogens (tertiary/aromatic N) is 4. The molecule has 0 aliphatic rings. The van der Waals surface area contributed by atoms with Gasteiger partial charge in [0, 0.05) is 17.9 Å². The molecule has 0 bridgehead atoms. The Labute approximate surface area is 147 Å². The fourth-order valence-corrected chi connectivity index (χ4v) is 2.67. The summed E-state index contributed by atoms with van der Waals surface area (Å²) in [4.78, 5) is 16.5. The predicted octanol–water partition coefficient (Wildman–Crippen LogP) is 2.99. The number of hydrogen-bond donors (Lipinski definition) is 1. The smallest absolute Gasteiger partial charge is 0.262 e. The maximum absolute atomic E-state index is 12.4. The second-order valence-corrected chi connectivity index (χ2v) is 6.02. The largest absolute Gasteiger partial charge is 0.349 e. The van der Waals surface area contributed by atoms with Crippen LogP contribution in [-0.2, 0) is 11.3 Å². The first kappa shape index (κ1) is 18.5. The van der Waals surface area contributed by atoms with Crippen molar-refractivity contribution in [1.82, 2.24) is 20.0 Å². The molecule has 0 aromatic carbocycles. The Balaban J connectivity index is 2.21. The number of aryl methyl sites for hydroxylation is 2. The van der Waals surface area contributed by atoms with Crippen molar-refractivity contribution in [3.8, 4) is 6.07 Å². The van der Waals surface area contributed by atoms with E-state index in [0.717, 1.165) is 29.9 Å². The lowest BCUT2D eigenvalue weighted by atomic mass is 10.1. The minimum Gasteiger partial charge on any atom is -0.349 e. The van der Waals surface area contributed by atoms with Crippen LogP contribution < -0.4 is 5.32 Å². The second-order valence-electron chi connectivity index (χ2n) is 6.02. The summed E-state index contributed by atoms with van der Waals surface area (Å²) in [6.45, 7) is 10.5. The van der Waals surface area contributed by atoms with Gasteiger partial charge in [-0.15, -0.1) is 0 Å². The zero-order valence-electron chi connectivity index (χ0n) is 15.3. The molecule has 2 aromatic heterocycles. The van der Waals surface area contributed by atoms with Crippen molar-refractivity contribution >= 4 is 12.0 Å². The lowest BCUT2D eigenvalue weighted by molar-refractivity contribution is -0.117. The number of nitriles is 1. The molecule has 132 valence electrons. The Hall–Kier alpha value is -2.88. The van der Waals surface area contributed by atoms with Crippen LogP contribution in [0.3, 0.4) is 0 Å². The van der Waals surface area contributed by atoms with Crippen LogP contribution in [0.25, 0.3) is 6.08 Å². The van der Waals surface area contributed by atoms with Crippen LogP contribution in [0.1, 0.15) is 55.0 Å². The van der Waals surface area contributed by atoms with Gasteiger partial charge in [0.1, 0.15) is 17.7 Å². The van der Waals surface area contributed by atoms with Gasteiger partial charge in [0.2, 0.25) is 5.89 Å². The molecule has 2 heterocycles. The van der Waals surface area contributed by atoms with Crippen LogP contribution >= 0.6 is 0 Å². The number of nitrogens with one attached hydrogen (secondary N) is 1. The third-order valence-electron chi connectivity index (χ3n) is 3.99.